The molecule has 0 aromatic heterocycles. The Morgan fingerprint density at radius 2 is 1.92 bits per heavy atom. The largest absolute Gasteiger partial charge is 0.509 e. The van der Waals surface area contributed by atoms with Crippen molar-refractivity contribution < 1.29 is 9.84 Å². The molecule has 0 atom stereocenters. The van der Waals surface area contributed by atoms with Crippen molar-refractivity contribution in [3.8, 4) is 5.75 Å². The van der Waals surface area contributed by atoms with Crippen LogP contribution in [0.3, 0.4) is 0 Å². The molecule has 1 aliphatic rings. The zero-order valence-corrected chi connectivity index (χ0v) is 7.40. The van der Waals surface area contributed by atoms with Gasteiger partial charge in [-0.05, 0) is 24.3 Å². The summed E-state index contributed by atoms with van der Waals surface area (Å²) < 4.78 is 5.04. The number of rotatable bonds is 2. The van der Waals surface area contributed by atoms with Gasteiger partial charge in [0.15, 0.2) is 0 Å². The number of aliphatic hydroxyl groups is 1. The summed E-state index contributed by atoms with van der Waals surface area (Å²) in [6.45, 7) is 0.604. The smallest absolute Gasteiger partial charge is 0.128 e. The second-order valence-corrected chi connectivity index (χ2v) is 2.95. The van der Waals surface area contributed by atoms with E-state index < -0.39 is 0 Å². The number of aliphatic hydroxyl groups excluding tert-OH is 1. The minimum absolute atomic E-state index is 0.427. The van der Waals surface area contributed by atoms with Gasteiger partial charge in [0.2, 0.25) is 0 Å². The van der Waals surface area contributed by atoms with Crippen LogP contribution in [0.4, 0.5) is 5.69 Å². The Kier molecular flexibility index (Phi) is 1.85. The molecule has 1 aromatic rings. The average Bonchev–Trinajstić information content (AvgIpc) is 2.13. The fourth-order valence-corrected chi connectivity index (χ4v) is 1.27. The fourth-order valence-electron chi connectivity index (χ4n) is 1.27. The van der Waals surface area contributed by atoms with Crippen molar-refractivity contribution in [3.63, 3.8) is 0 Å². The van der Waals surface area contributed by atoms with Crippen molar-refractivity contribution >= 4 is 5.69 Å². The summed E-state index contributed by atoms with van der Waals surface area (Å²) in [5, 5.41) is 8.98. The molecule has 1 aromatic carbocycles. The average molecular weight is 177 g/mol. The van der Waals surface area contributed by atoms with Gasteiger partial charge in [0.1, 0.15) is 11.5 Å². The number of ether oxygens (including phenoxy) is 1. The van der Waals surface area contributed by atoms with Crippen molar-refractivity contribution in [1.29, 1.82) is 0 Å². The quantitative estimate of drug-likeness (QED) is 0.749. The van der Waals surface area contributed by atoms with E-state index in [1.165, 1.54) is 0 Å². The van der Waals surface area contributed by atoms with Crippen molar-refractivity contribution in [1.82, 2.24) is 0 Å². The molecule has 0 saturated carbocycles. The van der Waals surface area contributed by atoms with E-state index >= 15 is 0 Å². The first kappa shape index (κ1) is 7.98. The van der Waals surface area contributed by atoms with Crippen molar-refractivity contribution in [2.75, 3.05) is 18.6 Å². The third-order valence-electron chi connectivity index (χ3n) is 2.04. The van der Waals surface area contributed by atoms with E-state index in [0.29, 0.717) is 12.3 Å². The molecule has 13 heavy (non-hydrogen) atoms. The van der Waals surface area contributed by atoms with Gasteiger partial charge in [-0.1, -0.05) is 0 Å². The highest BCUT2D eigenvalue weighted by molar-refractivity contribution is 5.55. The van der Waals surface area contributed by atoms with Crippen LogP contribution < -0.4 is 9.64 Å². The molecular weight excluding hydrogens is 166 g/mol. The summed E-state index contributed by atoms with van der Waals surface area (Å²) >= 11 is 0. The standard InChI is InChI=1S/C10H11NO2/c1-13-10-4-2-8(3-5-10)11-6-9(12)7-11/h2-6,12H,7H2,1H3. The summed E-state index contributed by atoms with van der Waals surface area (Å²) in [5.41, 5.74) is 1.07. The Bertz CT molecular complexity index is 329. The normalized spacial score (nSPS) is 14.8. The number of benzene rings is 1. The van der Waals surface area contributed by atoms with E-state index in [1.54, 1.807) is 13.3 Å². The Balaban J connectivity index is 2.15. The topological polar surface area (TPSA) is 32.7 Å². The summed E-state index contributed by atoms with van der Waals surface area (Å²) in [6.07, 6.45) is 1.71. The van der Waals surface area contributed by atoms with Gasteiger partial charge in [0, 0.05) is 11.9 Å². The lowest BCUT2D eigenvalue weighted by Gasteiger charge is -2.27. The van der Waals surface area contributed by atoms with E-state index in [2.05, 4.69) is 0 Å². The first-order valence-electron chi connectivity index (χ1n) is 4.10. The lowest BCUT2D eigenvalue weighted by atomic mass is 10.2. The fraction of sp³-hybridized carbons (Fsp3) is 0.200. The van der Waals surface area contributed by atoms with Gasteiger partial charge in [-0.25, -0.2) is 0 Å². The van der Waals surface area contributed by atoms with E-state index in [-0.39, 0.29) is 0 Å². The van der Waals surface area contributed by atoms with Crippen LogP contribution in [-0.2, 0) is 0 Å². The lowest BCUT2D eigenvalue weighted by molar-refractivity contribution is 0.380. The molecule has 0 fully saturated rings. The zero-order chi connectivity index (χ0) is 9.26. The van der Waals surface area contributed by atoms with Crippen LogP contribution in [0.1, 0.15) is 0 Å². The Morgan fingerprint density at radius 1 is 1.31 bits per heavy atom. The van der Waals surface area contributed by atoms with Crippen LogP contribution in [0.15, 0.2) is 36.2 Å². The molecule has 2 rings (SSSR count). The Labute approximate surface area is 76.9 Å². The highest BCUT2D eigenvalue weighted by atomic mass is 16.5. The number of hydrogen-bond acceptors (Lipinski definition) is 3. The van der Waals surface area contributed by atoms with E-state index in [9.17, 15) is 0 Å². The number of nitrogens with zero attached hydrogens (tertiary/aromatic N) is 1. The molecule has 0 amide bonds. The minimum atomic E-state index is 0.427. The first-order chi connectivity index (χ1) is 6.29. The third-order valence-corrected chi connectivity index (χ3v) is 2.04. The molecule has 68 valence electrons. The summed E-state index contributed by atoms with van der Waals surface area (Å²) in [4.78, 5) is 1.97. The molecular formula is C10H11NO2. The first-order valence-corrected chi connectivity index (χ1v) is 4.10. The summed E-state index contributed by atoms with van der Waals surface area (Å²) in [7, 11) is 1.64. The predicted octanol–water partition coefficient (Wildman–Crippen LogP) is 1.91. The second-order valence-electron chi connectivity index (χ2n) is 2.95. The van der Waals surface area contributed by atoms with Crippen LogP contribution in [-0.4, -0.2) is 18.8 Å². The lowest BCUT2D eigenvalue weighted by Crippen LogP contribution is -2.28. The van der Waals surface area contributed by atoms with Gasteiger partial charge in [0.05, 0.1) is 13.7 Å². The third kappa shape index (κ3) is 1.45. The van der Waals surface area contributed by atoms with Crippen LogP contribution in [0.25, 0.3) is 0 Å². The number of methoxy groups -OCH3 is 1. The van der Waals surface area contributed by atoms with Crippen molar-refractivity contribution in [2.45, 2.75) is 0 Å². The molecule has 0 aliphatic carbocycles. The molecule has 1 N–H and O–H groups in total. The highest BCUT2D eigenvalue weighted by Gasteiger charge is 2.15. The van der Waals surface area contributed by atoms with Crippen molar-refractivity contribution in [2.24, 2.45) is 0 Å². The van der Waals surface area contributed by atoms with E-state index in [1.807, 2.05) is 29.2 Å². The van der Waals surface area contributed by atoms with Gasteiger partial charge in [0.25, 0.3) is 0 Å². The van der Waals surface area contributed by atoms with Gasteiger partial charge in [-0.2, -0.15) is 0 Å². The number of hydrogen-bond donors (Lipinski definition) is 1. The Morgan fingerprint density at radius 3 is 2.38 bits per heavy atom. The summed E-state index contributed by atoms with van der Waals surface area (Å²) in [6, 6.07) is 7.72. The molecule has 0 bridgehead atoms. The van der Waals surface area contributed by atoms with E-state index in [4.69, 9.17) is 9.84 Å². The van der Waals surface area contributed by atoms with Gasteiger partial charge in [-0.15, -0.1) is 0 Å². The summed E-state index contributed by atoms with van der Waals surface area (Å²) in [5.74, 6) is 1.27. The van der Waals surface area contributed by atoms with E-state index in [0.717, 1.165) is 11.4 Å². The molecule has 1 heterocycles. The molecule has 3 nitrogen and oxygen atoms in total. The zero-order valence-electron chi connectivity index (χ0n) is 7.40. The van der Waals surface area contributed by atoms with Gasteiger partial charge >= 0.3 is 0 Å². The second kappa shape index (κ2) is 3.01. The SMILES string of the molecule is COc1ccc(N2C=C(O)C2)cc1. The van der Waals surface area contributed by atoms with Crippen LogP contribution in [0.5, 0.6) is 5.75 Å². The molecule has 0 unspecified atom stereocenters. The monoisotopic (exact) mass is 177 g/mol. The Hall–Kier alpha value is -1.64. The minimum Gasteiger partial charge on any atom is -0.509 e. The maximum Gasteiger partial charge on any atom is 0.128 e. The van der Waals surface area contributed by atoms with Crippen LogP contribution in [0, 0.1) is 0 Å². The maximum absolute atomic E-state index is 8.98. The molecule has 0 radical (unpaired) electrons. The number of anilines is 1. The molecule has 1 aliphatic heterocycles. The maximum atomic E-state index is 8.98. The van der Waals surface area contributed by atoms with Crippen molar-refractivity contribution in [3.05, 3.63) is 36.2 Å². The van der Waals surface area contributed by atoms with Gasteiger partial charge < -0.3 is 14.7 Å². The molecule has 0 saturated heterocycles. The predicted molar refractivity (Wildman–Crippen MR) is 51.1 cm³/mol. The van der Waals surface area contributed by atoms with Crippen LogP contribution >= 0.6 is 0 Å². The van der Waals surface area contributed by atoms with Crippen LogP contribution in [0.2, 0.25) is 0 Å². The highest BCUT2D eigenvalue weighted by Crippen LogP contribution is 2.24. The molecule has 3 heteroatoms. The van der Waals surface area contributed by atoms with Gasteiger partial charge in [-0.3, -0.25) is 0 Å². The molecule has 0 spiro atoms.